The van der Waals surface area contributed by atoms with Crippen LogP contribution < -0.4 is 4.90 Å². The molecule has 0 aliphatic carbocycles. The summed E-state index contributed by atoms with van der Waals surface area (Å²) in [5, 5.41) is 8.37. The molecule has 3 rings (SSSR count). The second-order valence-electron chi connectivity index (χ2n) is 5.87. The van der Waals surface area contributed by atoms with Crippen molar-refractivity contribution in [2.24, 2.45) is 0 Å². The standard InChI is InChI=1S/C16H22N4O/c1-12(2)19-8-10-20(11-9-19)16-18-17-15(21-16)14-6-4-13(3)5-7-14/h4-7,12H,8-11H2,1-3H3. The Morgan fingerprint density at radius 3 is 2.29 bits per heavy atom. The molecule has 5 heteroatoms. The summed E-state index contributed by atoms with van der Waals surface area (Å²) in [7, 11) is 0. The fourth-order valence-electron chi connectivity index (χ4n) is 2.59. The lowest BCUT2D eigenvalue weighted by atomic mass is 10.1. The van der Waals surface area contributed by atoms with Crippen LogP contribution in [0.2, 0.25) is 0 Å². The summed E-state index contributed by atoms with van der Waals surface area (Å²) in [6.45, 7) is 10.5. The SMILES string of the molecule is Cc1ccc(-c2nnc(N3CCN(C(C)C)CC3)o2)cc1. The van der Waals surface area contributed by atoms with Crippen molar-refractivity contribution in [1.82, 2.24) is 15.1 Å². The van der Waals surface area contributed by atoms with Crippen LogP contribution in [0.5, 0.6) is 0 Å². The summed E-state index contributed by atoms with van der Waals surface area (Å²) in [5.41, 5.74) is 2.20. The van der Waals surface area contributed by atoms with E-state index in [1.807, 2.05) is 12.1 Å². The molecular formula is C16H22N4O. The Morgan fingerprint density at radius 2 is 1.67 bits per heavy atom. The van der Waals surface area contributed by atoms with Gasteiger partial charge in [0, 0.05) is 37.8 Å². The number of hydrogen-bond donors (Lipinski definition) is 0. The number of benzene rings is 1. The average Bonchev–Trinajstić information content (AvgIpc) is 2.98. The Hall–Kier alpha value is -1.88. The van der Waals surface area contributed by atoms with Gasteiger partial charge < -0.3 is 9.32 Å². The molecule has 0 bridgehead atoms. The number of aromatic nitrogens is 2. The first-order valence-electron chi connectivity index (χ1n) is 7.53. The average molecular weight is 286 g/mol. The first-order chi connectivity index (χ1) is 10.1. The van der Waals surface area contributed by atoms with E-state index >= 15 is 0 Å². The maximum absolute atomic E-state index is 5.83. The molecular weight excluding hydrogens is 264 g/mol. The molecule has 0 saturated carbocycles. The summed E-state index contributed by atoms with van der Waals surface area (Å²) >= 11 is 0. The molecule has 1 saturated heterocycles. The topological polar surface area (TPSA) is 45.4 Å². The van der Waals surface area contributed by atoms with Crippen LogP contribution in [-0.4, -0.2) is 47.3 Å². The lowest BCUT2D eigenvalue weighted by Gasteiger charge is -2.35. The first kappa shape index (κ1) is 14.1. The first-order valence-corrected chi connectivity index (χ1v) is 7.53. The summed E-state index contributed by atoms with van der Waals surface area (Å²) in [5.74, 6) is 0.594. The molecule has 112 valence electrons. The van der Waals surface area contributed by atoms with Gasteiger partial charge in [0.2, 0.25) is 5.89 Å². The molecule has 0 N–H and O–H groups in total. The lowest BCUT2D eigenvalue weighted by molar-refractivity contribution is 0.206. The quantitative estimate of drug-likeness (QED) is 0.868. The van der Waals surface area contributed by atoms with Crippen molar-refractivity contribution in [1.29, 1.82) is 0 Å². The fraction of sp³-hybridized carbons (Fsp3) is 0.500. The highest BCUT2D eigenvalue weighted by Crippen LogP contribution is 2.23. The second-order valence-corrected chi connectivity index (χ2v) is 5.87. The van der Waals surface area contributed by atoms with Gasteiger partial charge in [0.05, 0.1) is 0 Å². The van der Waals surface area contributed by atoms with Crippen LogP contribution in [0, 0.1) is 6.92 Å². The van der Waals surface area contributed by atoms with Gasteiger partial charge in [0.15, 0.2) is 0 Å². The van der Waals surface area contributed by atoms with E-state index in [0.717, 1.165) is 31.7 Å². The van der Waals surface area contributed by atoms with Gasteiger partial charge in [-0.15, -0.1) is 5.10 Å². The number of piperazine rings is 1. The molecule has 0 spiro atoms. The lowest BCUT2D eigenvalue weighted by Crippen LogP contribution is -2.49. The molecule has 1 fully saturated rings. The van der Waals surface area contributed by atoms with Crippen LogP contribution in [0.25, 0.3) is 11.5 Å². The monoisotopic (exact) mass is 286 g/mol. The van der Waals surface area contributed by atoms with Gasteiger partial charge in [-0.2, -0.15) is 0 Å². The molecule has 0 radical (unpaired) electrons. The summed E-state index contributed by atoms with van der Waals surface area (Å²) in [4.78, 5) is 4.64. The molecule has 2 heterocycles. The predicted octanol–water partition coefficient (Wildman–Crippen LogP) is 2.58. The van der Waals surface area contributed by atoms with Gasteiger partial charge in [-0.05, 0) is 32.9 Å². The molecule has 21 heavy (non-hydrogen) atoms. The Morgan fingerprint density at radius 1 is 1.00 bits per heavy atom. The van der Waals surface area contributed by atoms with Gasteiger partial charge in [-0.3, -0.25) is 4.90 Å². The zero-order valence-corrected chi connectivity index (χ0v) is 12.9. The summed E-state index contributed by atoms with van der Waals surface area (Å²) < 4.78 is 5.83. The zero-order chi connectivity index (χ0) is 14.8. The molecule has 0 amide bonds. The molecule has 1 aliphatic heterocycles. The predicted molar refractivity (Wildman–Crippen MR) is 83.4 cm³/mol. The van der Waals surface area contributed by atoms with Gasteiger partial charge >= 0.3 is 6.01 Å². The molecule has 2 aromatic rings. The second kappa shape index (κ2) is 5.85. The third-order valence-corrected chi connectivity index (χ3v) is 4.03. The van der Waals surface area contributed by atoms with Crippen LogP contribution in [0.3, 0.4) is 0 Å². The minimum atomic E-state index is 0.594. The van der Waals surface area contributed by atoms with E-state index in [9.17, 15) is 0 Å². The molecule has 1 aromatic heterocycles. The van der Waals surface area contributed by atoms with Gasteiger partial charge in [0.1, 0.15) is 0 Å². The van der Waals surface area contributed by atoms with E-state index in [-0.39, 0.29) is 0 Å². The summed E-state index contributed by atoms with van der Waals surface area (Å²) in [6.07, 6.45) is 0. The molecule has 0 unspecified atom stereocenters. The fourth-order valence-corrected chi connectivity index (χ4v) is 2.59. The number of hydrogen-bond acceptors (Lipinski definition) is 5. The van der Waals surface area contributed by atoms with E-state index < -0.39 is 0 Å². The van der Waals surface area contributed by atoms with Crippen LogP contribution in [0.15, 0.2) is 28.7 Å². The van der Waals surface area contributed by atoms with Crippen LogP contribution >= 0.6 is 0 Å². The van der Waals surface area contributed by atoms with Crippen LogP contribution in [-0.2, 0) is 0 Å². The molecule has 5 nitrogen and oxygen atoms in total. The Kier molecular flexibility index (Phi) is 3.92. The van der Waals surface area contributed by atoms with Crippen LogP contribution in [0.4, 0.5) is 6.01 Å². The summed E-state index contributed by atoms with van der Waals surface area (Å²) in [6, 6.07) is 9.38. The third-order valence-electron chi connectivity index (χ3n) is 4.03. The number of rotatable bonds is 3. The van der Waals surface area contributed by atoms with Gasteiger partial charge in [-0.25, -0.2) is 0 Å². The highest BCUT2D eigenvalue weighted by atomic mass is 16.4. The Bertz CT molecular complexity index is 583. The van der Waals surface area contributed by atoms with Gasteiger partial charge in [0.25, 0.3) is 0 Å². The number of anilines is 1. The molecule has 1 aliphatic rings. The largest absolute Gasteiger partial charge is 0.403 e. The highest BCUT2D eigenvalue weighted by molar-refractivity contribution is 5.54. The van der Waals surface area contributed by atoms with Crippen molar-refractivity contribution in [2.75, 3.05) is 31.1 Å². The van der Waals surface area contributed by atoms with E-state index in [1.54, 1.807) is 0 Å². The van der Waals surface area contributed by atoms with Crippen molar-refractivity contribution in [2.45, 2.75) is 26.8 Å². The van der Waals surface area contributed by atoms with Gasteiger partial charge in [-0.1, -0.05) is 22.8 Å². The van der Waals surface area contributed by atoms with E-state index in [4.69, 9.17) is 4.42 Å². The van der Waals surface area contributed by atoms with Crippen molar-refractivity contribution >= 4 is 6.01 Å². The molecule has 0 atom stereocenters. The maximum atomic E-state index is 5.83. The van der Waals surface area contributed by atoms with Crippen molar-refractivity contribution in [3.63, 3.8) is 0 Å². The van der Waals surface area contributed by atoms with E-state index in [2.05, 4.69) is 52.9 Å². The van der Waals surface area contributed by atoms with Crippen molar-refractivity contribution < 1.29 is 4.42 Å². The highest BCUT2D eigenvalue weighted by Gasteiger charge is 2.22. The Balaban J connectivity index is 1.70. The normalized spacial score (nSPS) is 16.7. The number of nitrogens with zero attached hydrogens (tertiary/aromatic N) is 4. The van der Waals surface area contributed by atoms with E-state index in [0.29, 0.717) is 17.9 Å². The van der Waals surface area contributed by atoms with E-state index in [1.165, 1.54) is 5.56 Å². The number of aryl methyl sites for hydroxylation is 1. The zero-order valence-electron chi connectivity index (χ0n) is 12.9. The third kappa shape index (κ3) is 3.08. The maximum Gasteiger partial charge on any atom is 0.318 e. The minimum absolute atomic E-state index is 0.594. The Labute approximate surface area is 125 Å². The molecule has 1 aromatic carbocycles. The minimum Gasteiger partial charge on any atom is -0.403 e. The van der Waals surface area contributed by atoms with Crippen LogP contribution in [0.1, 0.15) is 19.4 Å². The smallest absolute Gasteiger partial charge is 0.318 e. The van der Waals surface area contributed by atoms with Crippen molar-refractivity contribution in [3.8, 4) is 11.5 Å². The van der Waals surface area contributed by atoms with Crippen molar-refractivity contribution in [3.05, 3.63) is 29.8 Å².